The van der Waals surface area contributed by atoms with Gasteiger partial charge < -0.3 is 4.74 Å². The molecule has 0 aromatic carbocycles. The van der Waals surface area contributed by atoms with Crippen LogP contribution in [0.25, 0.3) is 16.9 Å². The van der Waals surface area contributed by atoms with Crippen LogP contribution in [0.3, 0.4) is 0 Å². The third kappa shape index (κ3) is 3.04. The molecule has 0 atom stereocenters. The molecule has 0 amide bonds. The average molecular weight is 366 g/mol. The summed E-state index contributed by atoms with van der Waals surface area (Å²) in [6, 6.07) is 1.77. The Bertz CT molecular complexity index is 1090. The summed E-state index contributed by atoms with van der Waals surface area (Å²) in [5.74, 6) is 0.357. The number of pyridine rings is 1. The van der Waals surface area contributed by atoms with Gasteiger partial charge in [0.1, 0.15) is 11.3 Å². The van der Waals surface area contributed by atoms with Crippen molar-refractivity contribution >= 4 is 22.8 Å². The van der Waals surface area contributed by atoms with Crippen LogP contribution in [0.15, 0.2) is 36.4 Å². The highest BCUT2D eigenvalue weighted by Gasteiger charge is 2.17. The van der Waals surface area contributed by atoms with Crippen LogP contribution in [0.5, 0.6) is 5.88 Å². The lowest BCUT2D eigenvalue weighted by Gasteiger charge is -2.07. The highest BCUT2D eigenvalue weighted by Crippen LogP contribution is 2.23. The van der Waals surface area contributed by atoms with Crippen LogP contribution in [-0.4, -0.2) is 42.4 Å². The van der Waals surface area contributed by atoms with Gasteiger partial charge in [-0.2, -0.15) is 0 Å². The third-order valence-electron chi connectivity index (χ3n) is 3.80. The zero-order chi connectivity index (χ0) is 18.1. The van der Waals surface area contributed by atoms with E-state index in [4.69, 9.17) is 4.74 Å². The number of aryl methyl sites for hydroxylation is 1. The molecular formula is C17H14N6O2S. The Morgan fingerprint density at radius 1 is 1.31 bits per heavy atom. The molecule has 0 N–H and O–H groups in total. The number of nitrogens with zero attached hydrogens (tertiary/aromatic N) is 6. The largest absolute Gasteiger partial charge is 0.480 e. The van der Waals surface area contributed by atoms with E-state index in [0.29, 0.717) is 22.8 Å². The number of hydrogen-bond acceptors (Lipinski definition) is 8. The van der Waals surface area contributed by atoms with Crippen LogP contribution in [0.4, 0.5) is 0 Å². The molecular weight excluding hydrogens is 352 g/mol. The second kappa shape index (κ2) is 6.60. The van der Waals surface area contributed by atoms with E-state index in [-0.39, 0.29) is 12.2 Å². The minimum Gasteiger partial charge on any atom is -0.480 e. The molecule has 4 aromatic heterocycles. The number of thiazole rings is 1. The van der Waals surface area contributed by atoms with E-state index in [1.807, 2.05) is 18.5 Å². The number of Topliss-reactive ketones (excluding diaryl/α,β-unsaturated/α-hetero) is 1. The van der Waals surface area contributed by atoms with E-state index in [1.54, 1.807) is 23.0 Å². The maximum Gasteiger partial charge on any atom is 0.232 e. The van der Waals surface area contributed by atoms with Gasteiger partial charge in [-0.3, -0.25) is 9.20 Å². The van der Waals surface area contributed by atoms with Crippen LogP contribution in [-0.2, 0) is 6.42 Å². The van der Waals surface area contributed by atoms with Crippen LogP contribution < -0.4 is 4.74 Å². The van der Waals surface area contributed by atoms with Gasteiger partial charge in [0.2, 0.25) is 5.88 Å². The number of ether oxygens (including phenoxy) is 1. The Kier molecular flexibility index (Phi) is 4.13. The van der Waals surface area contributed by atoms with Gasteiger partial charge in [-0.25, -0.2) is 15.0 Å². The summed E-state index contributed by atoms with van der Waals surface area (Å²) in [6.45, 7) is 1.91. The first-order valence-corrected chi connectivity index (χ1v) is 8.66. The van der Waals surface area contributed by atoms with Crippen molar-refractivity contribution in [1.29, 1.82) is 0 Å². The van der Waals surface area contributed by atoms with E-state index in [9.17, 15) is 4.79 Å². The van der Waals surface area contributed by atoms with Crippen molar-refractivity contribution in [2.24, 2.45) is 0 Å². The number of rotatable bonds is 5. The molecule has 0 unspecified atom stereocenters. The molecule has 9 heteroatoms. The fourth-order valence-corrected chi connectivity index (χ4v) is 3.34. The Morgan fingerprint density at radius 3 is 2.88 bits per heavy atom. The minimum absolute atomic E-state index is 0.0688. The smallest absolute Gasteiger partial charge is 0.232 e. The maximum atomic E-state index is 12.8. The first-order valence-electron chi connectivity index (χ1n) is 7.78. The second-order valence-corrected chi connectivity index (χ2v) is 6.57. The zero-order valence-electron chi connectivity index (χ0n) is 14.1. The highest BCUT2D eigenvalue weighted by molar-refractivity contribution is 7.09. The van der Waals surface area contributed by atoms with Gasteiger partial charge in [-0.15, -0.1) is 21.5 Å². The van der Waals surface area contributed by atoms with Gasteiger partial charge in [-0.1, -0.05) is 0 Å². The number of methoxy groups -OCH3 is 1. The van der Waals surface area contributed by atoms with Crippen molar-refractivity contribution in [3.63, 3.8) is 0 Å². The van der Waals surface area contributed by atoms with Gasteiger partial charge in [-0.05, 0) is 13.0 Å². The molecule has 0 spiro atoms. The van der Waals surface area contributed by atoms with Gasteiger partial charge >= 0.3 is 0 Å². The summed E-state index contributed by atoms with van der Waals surface area (Å²) in [5.41, 5.74) is 3.26. The van der Waals surface area contributed by atoms with Gasteiger partial charge in [0, 0.05) is 22.8 Å². The summed E-state index contributed by atoms with van der Waals surface area (Å²) >= 11 is 1.47. The molecule has 0 saturated carbocycles. The number of hydrogen-bond donors (Lipinski definition) is 0. The zero-order valence-corrected chi connectivity index (χ0v) is 14.9. The monoisotopic (exact) mass is 366 g/mol. The fraction of sp³-hybridized carbons (Fsp3) is 0.176. The van der Waals surface area contributed by atoms with Crippen LogP contribution >= 0.6 is 11.3 Å². The van der Waals surface area contributed by atoms with Crippen LogP contribution in [0, 0.1) is 6.92 Å². The number of carbonyl (C=O) groups is 1. The van der Waals surface area contributed by atoms with Gasteiger partial charge in [0.25, 0.3) is 0 Å². The normalized spacial score (nSPS) is 11.0. The number of ketones is 1. The number of carbonyl (C=O) groups excluding carboxylic acids is 1. The lowest BCUT2D eigenvalue weighted by Crippen LogP contribution is -2.07. The molecule has 0 aliphatic rings. The molecule has 0 aliphatic carbocycles. The number of fused-ring (bicyclic) bond motifs is 1. The van der Waals surface area contributed by atoms with E-state index in [2.05, 4.69) is 25.1 Å². The molecule has 4 heterocycles. The molecule has 130 valence electrons. The summed E-state index contributed by atoms with van der Waals surface area (Å²) in [6.07, 6.45) is 6.73. The molecule has 4 rings (SSSR count). The molecule has 0 bridgehead atoms. The number of aromatic nitrogens is 6. The summed E-state index contributed by atoms with van der Waals surface area (Å²) in [4.78, 5) is 25.7. The molecule has 26 heavy (non-hydrogen) atoms. The van der Waals surface area contributed by atoms with E-state index in [1.165, 1.54) is 24.6 Å². The minimum atomic E-state index is -0.0688. The first kappa shape index (κ1) is 16.3. The summed E-state index contributed by atoms with van der Waals surface area (Å²) < 4.78 is 6.74. The Labute approximate surface area is 152 Å². The van der Waals surface area contributed by atoms with Crippen LogP contribution in [0.2, 0.25) is 0 Å². The third-order valence-corrected chi connectivity index (χ3v) is 4.77. The van der Waals surface area contributed by atoms with Crippen molar-refractivity contribution in [1.82, 2.24) is 29.5 Å². The van der Waals surface area contributed by atoms with Crippen molar-refractivity contribution in [2.75, 3.05) is 7.11 Å². The van der Waals surface area contributed by atoms with E-state index in [0.717, 1.165) is 16.3 Å². The van der Waals surface area contributed by atoms with Crippen molar-refractivity contribution < 1.29 is 9.53 Å². The SMILES string of the molecule is COc1cnc(-c2cc(C(=O)Cc3nc(C)cs3)c3nncn3c2)cn1. The molecule has 0 fully saturated rings. The summed E-state index contributed by atoms with van der Waals surface area (Å²) in [7, 11) is 1.53. The average Bonchev–Trinajstić information content (AvgIpc) is 3.29. The second-order valence-electron chi connectivity index (χ2n) is 5.63. The van der Waals surface area contributed by atoms with E-state index >= 15 is 0 Å². The topological polar surface area (TPSA) is 95.2 Å². The van der Waals surface area contributed by atoms with Crippen molar-refractivity contribution in [3.05, 3.63) is 52.6 Å². The Hall–Kier alpha value is -3.20. The lowest BCUT2D eigenvalue weighted by atomic mass is 10.1. The quantitative estimate of drug-likeness (QED) is 0.500. The first-order chi connectivity index (χ1) is 12.6. The molecule has 0 radical (unpaired) electrons. The molecule has 8 nitrogen and oxygen atoms in total. The van der Waals surface area contributed by atoms with Gasteiger partial charge in [0.15, 0.2) is 11.4 Å². The summed E-state index contributed by atoms with van der Waals surface area (Å²) in [5, 5.41) is 10.7. The molecule has 4 aromatic rings. The van der Waals surface area contributed by atoms with Gasteiger partial charge in [0.05, 0.1) is 37.2 Å². The lowest BCUT2D eigenvalue weighted by molar-refractivity contribution is 0.0994. The Morgan fingerprint density at radius 2 is 2.19 bits per heavy atom. The highest BCUT2D eigenvalue weighted by atomic mass is 32.1. The predicted octanol–water partition coefficient (Wildman–Crippen LogP) is 2.39. The predicted molar refractivity (Wildman–Crippen MR) is 95.5 cm³/mol. The van der Waals surface area contributed by atoms with Crippen molar-refractivity contribution in [2.45, 2.75) is 13.3 Å². The van der Waals surface area contributed by atoms with Crippen LogP contribution in [0.1, 0.15) is 21.1 Å². The standard InChI is InChI=1S/C17H14N6O2S/c1-10-8-26-16(21-10)4-14(24)12-3-11(7-23-9-20-22-17(12)23)13-5-19-15(25-2)6-18-13/h3,5-9H,4H2,1-2H3. The Balaban J connectivity index is 1.75. The van der Waals surface area contributed by atoms with Crippen molar-refractivity contribution in [3.8, 4) is 17.1 Å². The van der Waals surface area contributed by atoms with E-state index < -0.39 is 0 Å². The fourth-order valence-electron chi connectivity index (χ4n) is 2.57. The molecule has 0 saturated heterocycles. The molecule has 0 aliphatic heterocycles. The maximum absolute atomic E-state index is 12.8.